The van der Waals surface area contributed by atoms with E-state index >= 15 is 0 Å². The van der Waals surface area contributed by atoms with E-state index in [1.165, 1.54) is 30.8 Å². The van der Waals surface area contributed by atoms with E-state index in [1.54, 1.807) is 28.4 Å². The topological polar surface area (TPSA) is 68.8 Å². The van der Waals surface area contributed by atoms with Crippen molar-refractivity contribution in [1.82, 2.24) is 10.5 Å². The average molecular weight is 427 g/mol. The molecule has 1 atom stereocenters. The molecule has 1 aliphatic rings. The van der Waals surface area contributed by atoms with Gasteiger partial charge in [0, 0.05) is 18.4 Å². The molecule has 0 spiro atoms. The van der Waals surface area contributed by atoms with Crippen LogP contribution in [0.15, 0.2) is 46.3 Å². The Labute approximate surface area is 180 Å². The van der Waals surface area contributed by atoms with E-state index in [4.69, 9.17) is 9.26 Å². The first-order valence-electron chi connectivity index (χ1n) is 10.4. The molecule has 3 aromatic rings. The van der Waals surface area contributed by atoms with Crippen molar-refractivity contribution in [2.45, 2.75) is 39.3 Å². The number of benzene rings is 1. The Morgan fingerprint density at radius 3 is 2.63 bits per heavy atom. The number of nitrogens with zero attached hydrogens (tertiary/aromatic N) is 1. The highest BCUT2D eigenvalue weighted by atomic mass is 32.1. The van der Waals surface area contributed by atoms with Crippen molar-refractivity contribution in [2.24, 2.45) is 0 Å². The first kappa shape index (κ1) is 20.6. The van der Waals surface area contributed by atoms with Crippen LogP contribution in [0.4, 0.5) is 0 Å². The van der Waals surface area contributed by atoms with Crippen molar-refractivity contribution in [2.75, 3.05) is 19.6 Å². The molecule has 1 fully saturated rings. The van der Waals surface area contributed by atoms with Gasteiger partial charge >= 0.3 is 0 Å². The number of hydrogen-bond acceptors (Lipinski definition) is 5. The van der Waals surface area contributed by atoms with Crippen molar-refractivity contribution >= 4 is 17.2 Å². The van der Waals surface area contributed by atoms with E-state index < -0.39 is 0 Å². The molecular weight excluding hydrogens is 398 g/mol. The number of aryl methyl sites for hydroxylation is 2. The normalized spacial score (nSPS) is 15.3. The van der Waals surface area contributed by atoms with Crippen molar-refractivity contribution in [3.63, 3.8) is 0 Å². The number of carbonyl (C=O) groups is 1. The SMILES string of the molecule is Cc1noc(C)c1COc1ccc(C(=O)NC[C@@H](c2cccs2)[NH+]2CCCC2)cc1. The van der Waals surface area contributed by atoms with Crippen LogP contribution in [0.1, 0.15) is 51.1 Å². The van der Waals surface area contributed by atoms with Gasteiger partial charge in [0.25, 0.3) is 5.91 Å². The largest absolute Gasteiger partial charge is 0.489 e. The minimum Gasteiger partial charge on any atom is -0.489 e. The molecule has 2 aromatic heterocycles. The van der Waals surface area contributed by atoms with E-state index in [1.807, 2.05) is 26.0 Å². The molecule has 7 heteroatoms. The average Bonchev–Trinajstić information content (AvgIpc) is 3.52. The summed E-state index contributed by atoms with van der Waals surface area (Å²) in [6, 6.07) is 11.9. The third-order valence-electron chi connectivity index (χ3n) is 5.77. The summed E-state index contributed by atoms with van der Waals surface area (Å²) in [5.74, 6) is 1.43. The Hall–Kier alpha value is -2.64. The maximum absolute atomic E-state index is 12.7. The van der Waals surface area contributed by atoms with Gasteiger partial charge < -0.3 is 19.5 Å². The zero-order valence-electron chi connectivity index (χ0n) is 17.4. The van der Waals surface area contributed by atoms with Crippen LogP contribution in [0.2, 0.25) is 0 Å². The van der Waals surface area contributed by atoms with Crippen LogP contribution in [-0.2, 0) is 6.61 Å². The number of rotatable bonds is 8. The number of hydrogen-bond donors (Lipinski definition) is 2. The molecule has 0 bridgehead atoms. The summed E-state index contributed by atoms with van der Waals surface area (Å²) in [7, 11) is 0. The number of ether oxygens (including phenoxy) is 1. The van der Waals surface area contributed by atoms with Gasteiger partial charge in [-0.15, -0.1) is 11.3 Å². The lowest BCUT2D eigenvalue weighted by atomic mass is 10.1. The van der Waals surface area contributed by atoms with Crippen LogP contribution in [0.3, 0.4) is 0 Å². The molecule has 0 aliphatic carbocycles. The second-order valence-electron chi connectivity index (χ2n) is 7.76. The number of nitrogens with one attached hydrogen (secondary N) is 2. The Kier molecular flexibility index (Phi) is 6.50. The van der Waals surface area contributed by atoms with Gasteiger partial charge in [-0.25, -0.2) is 0 Å². The second-order valence-corrected chi connectivity index (χ2v) is 8.74. The van der Waals surface area contributed by atoms with Crippen molar-refractivity contribution in [3.05, 3.63) is 69.2 Å². The third-order valence-corrected chi connectivity index (χ3v) is 6.76. The van der Waals surface area contributed by atoms with Crippen molar-refractivity contribution in [3.8, 4) is 5.75 Å². The first-order valence-corrected chi connectivity index (χ1v) is 11.3. The van der Waals surface area contributed by atoms with Gasteiger partial charge in [-0.3, -0.25) is 4.79 Å². The summed E-state index contributed by atoms with van der Waals surface area (Å²) in [6.45, 7) is 7.17. The summed E-state index contributed by atoms with van der Waals surface area (Å²) in [5.41, 5.74) is 2.44. The molecule has 6 nitrogen and oxygen atoms in total. The lowest BCUT2D eigenvalue weighted by Gasteiger charge is -2.24. The number of likely N-dealkylation sites (tertiary alicyclic amines) is 1. The van der Waals surface area contributed by atoms with Crippen LogP contribution in [0.25, 0.3) is 0 Å². The van der Waals surface area contributed by atoms with Crippen LogP contribution in [-0.4, -0.2) is 30.7 Å². The van der Waals surface area contributed by atoms with E-state index in [-0.39, 0.29) is 5.91 Å². The van der Waals surface area contributed by atoms with Gasteiger partial charge in [-0.05, 0) is 49.6 Å². The zero-order chi connectivity index (χ0) is 20.9. The highest BCUT2D eigenvalue weighted by Crippen LogP contribution is 2.19. The Morgan fingerprint density at radius 2 is 2.00 bits per heavy atom. The highest BCUT2D eigenvalue weighted by Gasteiger charge is 2.28. The van der Waals surface area contributed by atoms with Gasteiger partial charge in [0.1, 0.15) is 24.2 Å². The minimum absolute atomic E-state index is 0.0487. The number of carbonyl (C=O) groups excluding carboxylic acids is 1. The monoisotopic (exact) mass is 426 g/mol. The zero-order valence-corrected chi connectivity index (χ0v) is 18.3. The number of amides is 1. The molecular formula is C23H28N3O3S+. The van der Waals surface area contributed by atoms with Gasteiger partial charge in [0.05, 0.1) is 35.8 Å². The fraction of sp³-hybridized carbons (Fsp3) is 0.391. The van der Waals surface area contributed by atoms with Crippen molar-refractivity contribution in [1.29, 1.82) is 0 Å². The molecule has 3 heterocycles. The quantitative estimate of drug-likeness (QED) is 0.581. The summed E-state index contributed by atoms with van der Waals surface area (Å²) in [4.78, 5) is 15.6. The van der Waals surface area contributed by atoms with Gasteiger partial charge in [0.15, 0.2) is 0 Å². The number of quaternary nitrogens is 1. The summed E-state index contributed by atoms with van der Waals surface area (Å²) in [6.07, 6.45) is 2.53. The molecule has 2 N–H and O–H groups in total. The predicted molar refractivity (Wildman–Crippen MR) is 116 cm³/mol. The molecule has 0 saturated carbocycles. The molecule has 1 aliphatic heterocycles. The van der Waals surface area contributed by atoms with Gasteiger partial charge in [0.2, 0.25) is 0 Å². The molecule has 0 radical (unpaired) electrons. The molecule has 1 aromatic carbocycles. The van der Waals surface area contributed by atoms with Crippen LogP contribution in [0.5, 0.6) is 5.75 Å². The fourth-order valence-electron chi connectivity index (χ4n) is 3.98. The van der Waals surface area contributed by atoms with E-state index in [0.29, 0.717) is 30.5 Å². The van der Waals surface area contributed by atoms with Gasteiger partial charge in [-0.1, -0.05) is 11.2 Å². The molecule has 4 rings (SSSR count). The lowest BCUT2D eigenvalue weighted by molar-refractivity contribution is -0.918. The maximum Gasteiger partial charge on any atom is 0.251 e. The van der Waals surface area contributed by atoms with Crippen LogP contribution in [0, 0.1) is 13.8 Å². The fourth-order valence-corrected chi connectivity index (χ4v) is 4.86. The van der Waals surface area contributed by atoms with E-state index in [0.717, 1.165) is 17.0 Å². The summed E-state index contributed by atoms with van der Waals surface area (Å²) >= 11 is 1.77. The molecule has 1 amide bonds. The Morgan fingerprint density at radius 1 is 1.23 bits per heavy atom. The third kappa shape index (κ3) is 4.74. The lowest BCUT2D eigenvalue weighted by Crippen LogP contribution is -3.11. The van der Waals surface area contributed by atoms with Gasteiger partial charge in [-0.2, -0.15) is 0 Å². The molecule has 158 valence electrons. The highest BCUT2D eigenvalue weighted by molar-refractivity contribution is 7.10. The van der Waals surface area contributed by atoms with Crippen LogP contribution < -0.4 is 15.0 Å². The molecule has 1 saturated heterocycles. The summed E-state index contributed by atoms with van der Waals surface area (Å²) in [5, 5.41) is 9.19. The second kappa shape index (κ2) is 9.45. The summed E-state index contributed by atoms with van der Waals surface area (Å²) < 4.78 is 11.0. The Balaban J connectivity index is 1.34. The standard InChI is InChI=1S/C23H27N3O3S/c1-16-20(17(2)29-25-16)15-28-19-9-7-18(8-10-19)23(27)24-14-21(22-6-5-13-30-22)26-11-3-4-12-26/h5-10,13,21H,3-4,11-12,14-15H2,1-2H3,(H,24,27)/p+1/t21-/m0/s1. The van der Waals surface area contributed by atoms with E-state index in [9.17, 15) is 4.79 Å². The smallest absolute Gasteiger partial charge is 0.251 e. The van der Waals surface area contributed by atoms with Crippen LogP contribution >= 0.6 is 11.3 Å². The predicted octanol–water partition coefficient (Wildman–Crippen LogP) is 3.08. The number of aromatic nitrogens is 1. The number of thiophene rings is 1. The maximum atomic E-state index is 12.7. The first-order chi connectivity index (χ1) is 14.6. The van der Waals surface area contributed by atoms with E-state index in [2.05, 4.69) is 28.0 Å². The van der Waals surface area contributed by atoms with Crippen molar-refractivity contribution < 1.29 is 19.0 Å². The molecule has 0 unspecified atom stereocenters. The molecule has 30 heavy (non-hydrogen) atoms. The minimum atomic E-state index is -0.0487. The Bertz CT molecular complexity index is 941.